The number of rotatable bonds is 12. The van der Waals surface area contributed by atoms with Gasteiger partial charge in [0.2, 0.25) is 5.75 Å². The van der Waals surface area contributed by atoms with Gasteiger partial charge in [-0.05, 0) is 18.6 Å². The molecule has 12 heteroatoms. The van der Waals surface area contributed by atoms with Crippen molar-refractivity contribution in [1.82, 2.24) is 18.7 Å². The van der Waals surface area contributed by atoms with Crippen LogP contribution in [0.2, 0.25) is 0 Å². The molecule has 36 heavy (non-hydrogen) atoms. The Morgan fingerprint density at radius 3 is 2.25 bits per heavy atom. The molecule has 196 valence electrons. The first kappa shape index (κ1) is 26.8. The third kappa shape index (κ3) is 5.54. The number of esters is 1. The molecular formula is C24H34N5O7+. The van der Waals surface area contributed by atoms with E-state index in [0.29, 0.717) is 35.0 Å². The van der Waals surface area contributed by atoms with Crippen molar-refractivity contribution in [1.29, 1.82) is 0 Å². The van der Waals surface area contributed by atoms with E-state index in [2.05, 4.69) is 19.1 Å². The van der Waals surface area contributed by atoms with Crippen LogP contribution in [0.1, 0.15) is 23.2 Å². The van der Waals surface area contributed by atoms with Gasteiger partial charge in [-0.2, -0.15) is 0 Å². The maximum atomic E-state index is 13.2. The number of fused-ring (bicyclic) bond motifs is 1. The van der Waals surface area contributed by atoms with Gasteiger partial charge in [-0.25, -0.2) is 14.6 Å². The summed E-state index contributed by atoms with van der Waals surface area (Å²) in [7, 11) is 10.1. The smallest absolute Gasteiger partial charge is 0.338 e. The Balaban J connectivity index is 1.72. The average Bonchev–Trinajstić information content (AvgIpc) is 3.29. The fourth-order valence-corrected chi connectivity index (χ4v) is 3.96. The summed E-state index contributed by atoms with van der Waals surface area (Å²) in [6.07, 6.45) is 2.74. The number of carbonyl (C=O) groups excluding carboxylic acids is 1. The average molecular weight is 505 g/mol. The van der Waals surface area contributed by atoms with Gasteiger partial charge in [0.1, 0.15) is 0 Å². The lowest BCUT2D eigenvalue weighted by atomic mass is 10.2. The number of aromatic nitrogens is 4. The number of nitrogens with zero attached hydrogens (tertiary/aromatic N) is 4. The highest BCUT2D eigenvalue weighted by Crippen LogP contribution is 2.38. The summed E-state index contributed by atoms with van der Waals surface area (Å²) in [5.74, 6) is 0.432. The van der Waals surface area contributed by atoms with Crippen molar-refractivity contribution in [2.45, 2.75) is 25.9 Å². The lowest BCUT2D eigenvalue weighted by Crippen LogP contribution is -3.05. The highest BCUT2D eigenvalue weighted by Gasteiger charge is 2.19. The van der Waals surface area contributed by atoms with E-state index in [0.717, 1.165) is 17.5 Å². The van der Waals surface area contributed by atoms with Gasteiger partial charge >= 0.3 is 11.7 Å². The number of aryl methyl sites for hydroxylation is 2. The van der Waals surface area contributed by atoms with Gasteiger partial charge in [-0.3, -0.25) is 13.9 Å². The maximum Gasteiger partial charge on any atom is 0.338 e. The number of quaternary nitrogens is 1. The molecule has 0 bridgehead atoms. The zero-order valence-electron chi connectivity index (χ0n) is 21.6. The van der Waals surface area contributed by atoms with Crippen molar-refractivity contribution in [3.8, 4) is 17.2 Å². The van der Waals surface area contributed by atoms with Crippen LogP contribution in [0.5, 0.6) is 17.2 Å². The van der Waals surface area contributed by atoms with Gasteiger partial charge in [-0.15, -0.1) is 0 Å². The molecule has 0 saturated carbocycles. The topological polar surface area (TPSA) is 120 Å². The van der Waals surface area contributed by atoms with E-state index in [4.69, 9.17) is 18.9 Å². The van der Waals surface area contributed by atoms with Crippen molar-refractivity contribution >= 4 is 17.1 Å². The molecule has 0 atom stereocenters. The van der Waals surface area contributed by atoms with Crippen LogP contribution in [-0.2, 0) is 24.9 Å². The first-order valence-electron chi connectivity index (χ1n) is 11.6. The Morgan fingerprint density at radius 2 is 1.67 bits per heavy atom. The zero-order chi connectivity index (χ0) is 26.4. The van der Waals surface area contributed by atoms with Crippen LogP contribution in [0, 0.1) is 0 Å². The lowest BCUT2D eigenvalue weighted by molar-refractivity contribution is -0.858. The molecule has 0 saturated heterocycles. The van der Waals surface area contributed by atoms with Crippen LogP contribution in [-0.4, -0.2) is 73.2 Å². The molecule has 0 aliphatic carbocycles. The molecule has 0 aliphatic heterocycles. The number of benzene rings is 1. The fourth-order valence-electron chi connectivity index (χ4n) is 3.96. The second kappa shape index (κ2) is 11.8. The minimum absolute atomic E-state index is 0.00793. The summed E-state index contributed by atoms with van der Waals surface area (Å²) in [6, 6.07) is 2.99. The molecule has 2 heterocycles. The number of carbonyl (C=O) groups is 1. The largest absolute Gasteiger partial charge is 0.493 e. The van der Waals surface area contributed by atoms with Gasteiger partial charge in [0.05, 0.1) is 60.5 Å². The van der Waals surface area contributed by atoms with Crippen molar-refractivity contribution in [2.24, 2.45) is 7.05 Å². The summed E-state index contributed by atoms with van der Waals surface area (Å²) in [5.41, 5.74) is 0.0974. The Hall–Kier alpha value is -3.80. The second-order valence-electron chi connectivity index (χ2n) is 8.62. The van der Waals surface area contributed by atoms with E-state index in [9.17, 15) is 14.4 Å². The van der Waals surface area contributed by atoms with Crippen LogP contribution < -0.4 is 30.4 Å². The van der Waals surface area contributed by atoms with Gasteiger partial charge in [0.15, 0.2) is 22.7 Å². The van der Waals surface area contributed by atoms with E-state index in [1.807, 2.05) is 0 Å². The number of nitrogens with one attached hydrogen (secondary N) is 1. The Morgan fingerprint density at radius 1 is 1.00 bits per heavy atom. The van der Waals surface area contributed by atoms with Gasteiger partial charge in [0, 0.05) is 26.6 Å². The second-order valence-corrected chi connectivity index (χ2v) is 8.62. The summed E-state index contributed by atoms with van der Waals surface area (Å²) in [4.78, 5) is 44.1. The summed E-state index contributed by atoms with van der Waals surface area (Å²) >= 11 is 0. The van der Waals surface area contributed by atoms with E-state index in [1.165, 1.54) is 42.9 Å². The molecule has 0 amide bonds. The van der Waals surface area contributed by atoms with E-state index in [-0.39, 0.29) is 25.1 Å². The standard InChI is InChI=1S/C24H33N5O7/c1-26(2)9-7-10-28-15-25-21-19(28)22(30)29(24(32)27(21)3)11-8-12-36-23(31)16-13-17(33-4)20(35-6)18(14-16)34-5/h13-15H,7-12H2,1-6H3/p+1. The quantitative estimate of drug-likeness (QED) is 0.264. The highest BCUT2D eigenvalue weighted by atomic mass is 16.5. The minimum atomic E-state index is -0.592. The van der Waals surface area contributed by atoms with Gasteiger partial charge in [0.25, 0.3) is 5.56 Å². The molecule has 3 aromatic rings. The summed E-state index contributed by atoms with van der Waals surface area (Å²) in [5, 5.41) is 0. The molecule has 2 aromatic heterocycles. The molecule has 0 unspecified atom stereocenters. The van der Waals surface area contributed by atoms with Crippen LogP contribution in [0.3, 0.4) is 0 Å². The predicted octanol–water partition coefficient (Wildman–Crippen LogP) is -0.296. The van der Waals surface area contributed by atoms with Gasteiger partial charge in [-0.1, -0.05) is 0 Å². The van der Waals surface area contributed by atoms with Crippen LogP contribution in [0.25, 0.3) is 11.2 Å². The molecule has 0 radical (unpaired) electrons. The molecular weight excluding hydrogens is 470 g/mol. The first-order valence-corrected chi connectivity index (χ1v) is 11.6. The third-order valence-corrected chi connectivity index (χ3v) is 5.84. The number of methoxy groups -OCH3 is 3. The van der Waals surface area contributed by atoms with Gasteiger partial charge < -0.3 is 28.4 Å². The number of imidazole rings is 1. The van der Waals surface area contributed by atoms with Crippen molar-refractivity contribution in [3.63, 3.8) is 0 Å². The number of hydrogen-bond acceptors (Lipinski definition) is 8. The van der Waals surface area contributed by atoms with Crippen LogP contribution in [0.4, 0.5) is 0 Å². The van der Waals surface area contributed by atoms with Crippen molar-refractivity contribution in [2.75, 3.05) is 48.6 Å². The monoisotopic (exact) mass is 504 g/mol. The zero-order valence-corrected chi connectivity index (χ0v) is 21.6. The first-order chi connectivity index (χ1) is 17.2. The molecule has 1 aromatic carbocycles. The number of hydrogen-bond donors (Lipinski definition) is 1. The number of ether oxygens (including phenoxy) is 4. The molecule has 1 N–H and O–H groups in total. The summed E-state index contributed by atoms with van der Waals surface area (Å²) in [6.45, 7) is 1.67. The normalized spacial score (nSPS) is 11.2. The molecule has 3 rings (SSSR count). The van der Waals surface area contributed by atoms with Crippen molar-refractivity contribution in [3.05, 3.63) is 44.9 Å². The lowest BCUT2D eigenvalue weighted by Gasteiger charge is -2.14. The molecule has 12 nitrogen and oxygen atoms in total. The van der Waals surface area contributed by atoms with E-state index < -0.39 is 17.2 Å². The minimum Gasteiger partial charge on any atom is -0.493 e. The van der Waals surface area contributed by atoms with E-state index in [1.54, 1.807) is 17.9 Å². The third-order valence-electron chi connectivity index (χ3n) is 5.84. The van der Waals surface area contributed by atoms with Crippen LogP contribution in [0.15, 0.2) is 28.0 Å². The van der Waals surface area contributed by atoms with Crippen molar-refractivity contribution < 1.29 is 28.6 Å². The fraction of sp³-hybridized carbons (Fsp3) is 0.500. The maximum absolute atomic E-state index is 13.2. The molecule has 0 fully saturated rings. The highest BCUT2D eigenvalue weighted by molar-refractivity contribution is 5.91. The molecule has 0 spiro atoms. The SMILES string of the molecule is COc1cc(C(=O)OCCCn2c(=O)c3c(ncn3CCC[NH+](C)C)n(C)c2=O)cc(OC)c1OC. The Bertz CT molecular complexity index is 1310. The Kier molecular flexibility index (Phi) is 8.75. The summed E-state index contributed by atoms with van der Waals surface area (Å²) < 4.78 is 25.5. The predicted molar refractivity (Wildman–Crippen MR) is 133 cm³/mol. The Labute approximate surface area is 208 Å². The van der Waals surface area contributed by atoms with E-state index >= 15 is 0 Å². The molecule has 0 aliphatic rings. The van der Waals surface area contributed by atoms with Crippen LogP contribution >= 0.6 is 0 Å².